The first-order valence-electron chi connectivity index (χ1n) is 10.7. The second-order valence-electron chi connectivity index (χ2n) is 7.57. The Hall–Kier alpha value is -3.73. The van der Waals surface area contributed by atoms with Gasteiger partial charge in [-0.15, -0.1) is 12.4 Å². The van der Waals surface area contributed by atoms with E-state index in [0.29, 0.717) is 11.4 Å². The van der Waals surface area contributed by atoms with Crippen molar-refractivity contribution >= 4 is 29.9 Å². The molecule has 3 rings (SSSR count). The predicted molar refractivity (Wildman–Crippen MR) is 129 cm³/mol. The molecule has 2 aromatic carbocycles. The molecule has 0 saturated heterocycles. The van der Waals surface area contributed by atoms with Crippen molar-refractivity contribution in [2.24, 2.45) is 0 Å². The van der Waals surface area contributed by atoms with Crippen molar-refractivity contribution in [2.45, 2.75) is 19.1 Å². The van der Waals surface area contributed by atoms with Crippen molar-refractivity contribution in [3.05, 3.63) is 72.6 Å². The van der Waals surface area contributed by atoms with Crippen LogP contribution in [-0.2, 0) is 22.3 Å². The zero-order chi connectivity index (χ0) is 25.3. The fraction of sp³-hybridized carbons (Fsp3) is 0.292. The molecule has 36 heavy (non-hydrogen) atoms. The lowest BCUT2D eigenvalue weighted by atomic mass is 10.2. The van der Waals surface area contributed by atoms with Crippen molar-refractivity contribution in [1.82, 2.24) is 14.7 Å². The van der Waals surface area contributed by atoms with Gasteiger partial charge in [0.05, 0.1) is 37.0 Å². The monoisotopic (exact) mass is 526 g/mol. The number of ether oxygens (including phenoxy) is 2. The molecule has 1 heterocycles. The topological polar surface area (TPSA) is 85.7 Å². The smallest absolute Gasteiger partial charge is 0.416 e. The lowest BCUT2D eigenvalue weighted by Crippen LogP contribution is -2.33. The summed E-state index contributed by atoms with van der Waals surface area (Å²) in [4.78, 5) is 25.9. The van der Waals surface area contributed by atoms with Crippen LogP contribution in [0.3, 0.4) is 0 Å². The van der Waals surface area contributed by atoms with Crippen molar-refractivity contribution < 1.29 is 32.2 Å². The summed E-state index contributed by atoms with van der Waals surface area (Å²) in [7, 11) is 1.58. The van der Waals surface area contributed by atoms with Crippen LogP contribution < -0.4 is 14.8 Å². The van der Waals surface area contributed by atoms with Gasteiger partial charge in [0.25, 0.3) is 0 Å². The first-order chi connectivity index (χ1) is 16.7. The number of hydrogen-bond donors (Lipinski definition) is 1. The number of hydrogen-bond acceptors (Lipinski definition) is 5. The molecule has 2 amide bonds. The maximum absolute atomic E-state index is 12.6. The lowest BCUT2D eigenvalue weighted by Gasteiger charge is -2.17. The van der Waals surface area contributed by atoms with Crippen LogP contribution in [0.2, 0.25) is 0 Å². The number of nitrogens with one attached hydrogen (secondary N) is 1. The molecular weight excluding hydrogens is 501 g/mol. The van der Waals surface area contributed by atoms with Crippen molar-refractivity contribution in [2.75, 3.05) is 32.1 Å². The second-order valence-corrected chi connectivity index (χ2v) is 7.57. The summed E-state index contributed by atoms with van der Waals surface area (Å²) >= 11 is 0. The molecule has 0 fully saturated rings. The van der Waals surface area contributed by atoms with Gasteiger partial charge in [-0.05, 0) is 36.4 Å². The van der Waals surface area contributed by atoms with Crippen LogP contribution in [-0.4, -0.2) is 53.3 Å². The molecule has 0 bridgehead atoms. The molecule has 0 aliphatic rings. The summed E-state index contributed by atoms with van der Waals surface area (Å²) in [6, 6.07) is 13.5. The SMILES string of the molecule is CN(CCOc1ccc(C(F)(F)F)cc1)C(=O)Cn1cc(NC(=O)CCOc2ccccc2)cn1.Cl. The van der Waals surface area contributed by atoms with E-state index in [-0.39, 0.29) is 62.7 Å². The van der Waals surface area contributed by atoms with Crippen LogP contribution in [0.25, 0.3) is 0 Å². The molecule has 0 saturated carbocycles. The number of alkyl halides is 3. The molecule has 0 spiro atoms. The third kappa shape index (κ3) is 9.14. The highest BCUT2D eigenvalue weighted by molar-refractivity contribution is 5.90. The van der Waals surface area contributed by atoms with Gasteiger partial charge >= 0.3 is 6.18 Å². The zero-order valence-electron chi connectivity index (χ0n) is 19.4. The maximum Gasteiger partial charge on any atom is 0.416 e. The average Bonchev–Trinajstić information content (AvgIpc) is 3.25. The van der Waals surface area contributed by atoms with Gasteiger partial charge in [-0.1, -0.05) is 18.2 Å². The number of benzene rings is 2. The van der Waals surface area contributed by atoms with E-state index in [1.54, 1.807) is 25.4 Å². The highest BCUT2D eigenvalue weighted by Gasteiger charge is 2.30. The summed E-state index contributed by atoms with van der Waals surface area (Å²) in [6.07, 6.45) is -1.27. The van der Waals surface area contributed by atoms with Crippen LogP contribution in [0.1, 0.15) is 12.0 Å². The fourth-order valence-electron chi connectivity index (χ4n) is 2.94. The molecule has 12 heteroatoms. The van der Waals surface area contributed by atoms with E-state index in [9.17, 15) is 22.8 Å². The number of carbonyl (C=O) groups excluding carboxylic acids is 2. The Bertz CT molecular complexity index is 1110. The Morgan fingerprint density at radius 1 is 1.00 bits per heavy atom. The number of nitrogens with zero attached hydrogens (tertiary/aromatic N) is 3. The zero-order valence-corrected chi connectivity index (χ0v) is 20.2. The third-order valence-corrected chi connectivity index (χ3v) is 4.86. The molecule has 0 radical (unpaired) electrons. The Morgan fingerprint density at radius 3 is 2.31 bits per heavy atom. The Balaban J connectivity index is 0.00000456. The van der Waals surface area contributed by atoms with E-state index in [2.05, 4.69) is 10.4 Å². The fourth-order valence-corrected chi connectivity index (χ4v) is 2.94. The molecule has 194 valence electrons. The van der Waals surface area contributed by atoms with Crippen LogP contribution >= 0.6 is 12.4 Å². The molecule has 0 unspecified atom stereocenters. The van der Waals surface area contributed by atoms with Crippen molar-refractivity contribution in [1.29, 1.82) is 0 Å². The summed E-state index contributed by atoms with van der Waals surface area (Å²) in [6.45, 7) is 0.511. The van der Waals surface area contributed by atoms with Gasteiger partial charge < -0.3 is 19.7 Å². The number of likely N-dealkylation sites (N-methyl/N-ethyl adjacent to an activating group) is 1. The Morgan fingerprint density at radius 2 is 1.64 bits per heavy atom. The minimum absolute atomic E-state index is 0. The molecule has 0 aliphatic carbocycles. The standard InChI is InChI=1S/C24H25F3N4O4.ClH/c1-30(12-14-35-21-9-7-18(8-10-21)24(25,26)27)23(33)17-31-16-19(15-28-31)29-22(32)11-13-34-20-5-3-2-4-6-20;/h2-10,15-16H,11-14,17H2,1H3,(H,29,32);1H. The van der Waals surface area contributed by atoms with Gasteiger partial charge in [0.2, 0.25) is 11.8 Å². The van der Waals surface area contributed by atoms with Gasteiger partial charge in [-0.3, -0.25) is 14.3 Å². The van der Waals surface area contributed by atoms with E-state index in [1.165, 1.54) is 27.9 Å². The summed E-state index contributed by atoms with van der Waals surface area (Å²) < 4.78 is 50.1. The normalized spacial score (nSPS) is 10.8. The number of para-hydroxylation sites is 1. The summed E-state index contributed by atoms with van der Waals surface area (Å²) in [5, 5.41) is 6.77. The van der Waals surface area contributed by atoms with E-state index in [4.69, 9.17) is 9.47 Å². The number of carbonyl (C=O) groups is 2. The van der Waals surface area contributed by atoms with Gasteiger partial charge in [0, 0.05) is 13.2 Å². The van der Waals surface area contributed by atoms with Gasteiger partial charge in [-0.25, -0.2) is 0 Å². The first-order valence-corrected chi connectivity index (χ1v) is 10.7. The maximum atomic E-state index is 12.6. The first kappa shape index (κ1) is 28.5. The highest BCUT2D eigenvalue weighted by atomic mass is 35.5. The number of anilines is 1. The number of halogens is 4. The van der Waals surface area contributed by atoms with E-state index < -0.39 is 11.7 Å². The van der Waals surface area contributed by atoms with Gasteiger partial charge in [0.15, 0.2) is 0 Å². The minimum atomic E-state index is -4.41. The minimum Gasteiger partial charge on any atom is -0.493 e. The Kier molecular flexibility index (Phi) is 10.6. The molecular formula is C24H26ClF3N4O4. The Labute approximate surface area is 212 Å². The molecule has 1 aromatic heterocycles. The number of aromatic nitrogens is 2. The quantitative estimate of drug-likeness (QED) is 0.403. The van der Waals surface area contributed by atoms with Crippen LogP contribution in [0.5, 0.6) is 11.5 Å². The number of rotatable bonds is 11. The van der Waals surface area contributed by atoms with Crippen LogP contribution in [0.15, 0.2) is 67.0 Å². The largest absolute Gasteiger partial charge is 0.493 e. The highest BCUT2D eigenvalue weighted by Crippen LogP contribution is 2.30. The van der Waals surface area contributed by atoms with E-state index in [1.807, 2.05) is 18.2 Å². The molecule has 0 atom stereocenters. The second kappa shape index (κ2) is 13.4. The number of amides is 2. The van der Waals surface area contributed by atoms with E-state index >= 15 is 0 Å². The van der Waals surface area contributed by atoms with Crippen molar-refractivity contribution in [3.8, 4) is 11.5 Å². The van der Waals surface area contributed by atoms with Crippen LogP contribution in [0, 0.1) is 0 Å². The summed E-state index contributed by atoms with van der Waals surface area (Å²) in [5.41, 5.74) is -0.303. The predicted octanol–water partition coefficient (Wildman–Crippen LogP) is 4.27. The third-order valence-electron chi connectivity index (χ3n) is 4.86. The summed E-state index contributed by atoms with van der Waals surface area (Å²) in [5.74, 6) is 0.462. The molecule has 3 aromatic rings. The van der Waals surface area contributed by atoms with Crippen LogP contribution in [0.4, 0.5) is 18.9 Å². The van der Waals surface area contributed by atoms with Crippen molar-refractivity contribution in [3.63, 3.8) is 0 Å². The molecule has 1 N–H and O–H groups in total. The van der Waals surface area contributed by atoms with Gasteiger partial charge in [0.1, 0.15) is 24.7 Å². The van der Waals surface area contributed by atoms with E-state index in [0.717, 1.165) is 12.1 Å². The molecule has 8 nitrogen and oxygen atoms in total. The average molecular weight is 527 g/mol. The van der Waals surface area contributed by atoms with Gasteiger partial charge in [-0.2, -0.15) is 18.3 Å². The lowest BCUT2D eigenvalue weighted by molar-refractivity contribution is -0.137. The molecule has 0 aliphatic heterocycles.